The molecule has 0 saturated carbocycles. The van der Waals surface area contributed by atoms with Gasteiger partial charge >= 0.3 is 0 Å². The number of aromatic nitrogens is 2. The zero-order valence-corrected chi connectivity index (χ0v) is 9.93. The summed E-state index contributed by atoms with van der Waals surface area (Å²) in [4.78, 5) is 8.38. The third-order valence-corrected chi connectivity index (χ3v) is 2.52. The van der Waals surface area contributed by atoms with E-state index in [4.69, 9.17) is 0 Å². The van der Waals surface area contributed by atoms with Gasteiger partial charge in [-0.1, -0.05) is 30.3 Å². The molecule has 1 aliphatic rings. The fraction of sp³-hybridized carbons (Fsp3) is 0.0833. The summed E-state index contributed by atoms with van der Waals surface area (Å²) < 4.78 is 0. The number of nitrogens with zero attached hydrogens (tertiary/aromatic N) is 6. The summed E-state index contributed by atoms with van der Waals surface area (Å²) >= 11 is 0. The first-order valence-corrected chi connectivity index (χ1v) is 5.71. The molecule has 1 aromatic carbocycles. The number of hydrogen-bond acceptors (Lipinski definition) is 6. The van der Waals surface area contributed by atoms with Gasteiger partial charge in [0.2, 0.25) is 11.8 Å². The van der Waals surface area contributed by atoms with Crippen LogP contribution in [0.2, 0.25) is 0 Å². The number of hydrogen-bond donors (Lipinski definition) is 1. The predicted molar refractivity (Wildman–Crippen MR) is 69.3 cm³/mol. The molecule has 2 heterocycles. The van der Waals surface area contributed by atoms with Crippen LogP contribution in [-0.4, -0.2) is 15.8 Å². The quantitative estimate of drug-likeness (QED) is 0.898. The van der Waals surface area contributed by atoms with E-state index in [0.717, 1.165) is 0 Å². The minimum Gasteiger partial charge on any atom is -0.350 e. The second-order valence-electron chi connectivity index (χ2n) is 3.84. The predicted octanol–water partition coefficient (Wildman–Crippen LogP) is 1.74. The lowest BCUT2D eigenvalue weighted by molar-refractivity contribution is 0.780. The summed E-state index contributed by atoms with van der Waals surface area (Å²) in [6.07, 6.45) is 3.28. The summed E-state index contributed by atoms with van der Waals surface area (Å²) in [7, 11) is 0. The van der Waals surface area contributed by atoms with E-state index in [9.17, 15) is 0 Å². The Morgan fingerprint density at radius 2 is 1.79 bits per heavy atom. The first kappa shape index (κ1) is 11.3. The van der Waals surface area contributed by atoms with Crippen molar-refractivity contribution >= 4 is 11.8 Å². The Labute approximate surface area is 109 Å². The van der Waals surface area contributed by atoms with Crippen molar-refractivity contribution in [3.8, 4) is 0 Å². The zero-order valence-electron chi connectivity index (χ0n) is 9.93. The molecule has 0 amide bonds. The Balaban J connectivity index is 1.65. The Morgan fingerprint density at radius 1 is 1.00 bits per heavy atom. The molecule has 0 unspecified atom stereocenters. The van der Waals surface area contributed by atoms with E-state index in [1.807, 2.05) is 30.3 Å². The first-order valence-electron chi connectivity index (χ1n) is 5.71. The zero-order chi connectivity index (χ0) is 12.9. The van der Waals surface area contributed by atoms with Crippen molar-refractivity contribution < 1.29 is 0 Å². The summed E-state index contributed by atoms with van der Waals surface area (Å²) in [5.41, 5.74) is 5.27. The highest BCUT2D eigenvalue weighted by atomic mass is 15.6. The van der Waals surface area contributed by atoms with Gasteiger partial charge in [0.1, 0.15) is 0 Å². The lowest BCUT2D eigenvalue weighted by Crippen LogP contribution is -2.05. The summed E-state index contributed by atoms with van der Waals surface area (Å²) in [5, 5.41) is 14.0. The second kappa shape index (κ2) is 5.21. The van der Waals surface area contributed by atoms with Crippen LogP contribution in [0.4, 0.5) is 5.95 Å². The largest absolute Gasteiger partial charge is 0.350 e. The molecule has 2 aromatic rings. The van der Waals surface area contributed by atoms with Crippen molar-refractivity contribution in [1.29, 1.82) is 0 Å². The molecule has 0 fully saturated rings. The van der Waals surface area contributed by atoms with Crippen LogP contribution in [0.5, 0.6) is 0 Å². The highest BCUT2D eigenvalue weighted by Crippen LogP contribution is 2.07. The van der Waals surface area contributed by atoms with Gasteiger partial charge in [0.15, 0.2) is 0 Å². The molecule has 19 heavy (non-hydrogen) atoms. The Bertz CT molecular complexity index is 604. The van der Waals surface area contributed by atoms with Crippen molar-refractivity contribution in [2.75, 3.05) is 5.32 Å². The summed E-state index contributed by atoms with van der Waals surface area (Å²) in [6, 6.07) is 10.0. The minimum absolute atomic E-state index is 0.426. The van der Waals surface area contributed by atoms with Crippen LogP contribution in [-0.2, 0) is 6.54 Å². The van der Waals surface area contributed by atoms with Crippen molar-refractivity contribution in [3.63, 3.8) is 0 Å². The van der Waals surface area contributed by atoms with Gasteiger partial charge in [-0.25, -0.2) is 9.97 Å². The molecule has 7 nitrogen and oxygen atoms in total. The summed E-state index contributed by atoms with van der Waals surface area (Å²) in [6.45, 7) is 0.677. The van der Waals surface area contributed by atoms with Crippen molar-refractivity contribution in [2.24, 2.45) is 15.4 Å². The maximum atomic E-state index is 4.19. The summed E-state index contributed by atoms with van der Waals surface area (Å²) in [5.74, 6) is 0.981. The second-order valence-corrected chi connectivity index (χ2v) is 3.84. The number of rotatable bonds is 4. The monoisotopic (exact) mass is 252 g/mol. The smallest absolute Gasteiger partial charge is 0.222 e. The van der Waals surface area contributed by atoms with Gasteiger partial charge in [0.25, 0.3) is 0 Å². The number of nitrogens with one attached hydrogen (secondary N) is 1. The van der Waals surface area contributed by atoms with Crippen LogP contribution in [0.3, 0.4) is 0 Å². The van der Waals surface area contributed by atoms with E-state index in [0.29, 0.717) is 23.9 Å². The lowest BCUT2D eigenvalue weighted by atomic mass is 10.2. The maximum absolute atomic E-state index is 4.19. The van der Waals surface area contributed by atoms with Gasteiger partial charge in [-0.15, -0.1) is 10.2 Å². The fourth-order valence-electron chi connectivity index (χ4n) is 1.57. The highest BCUT2D eigenvalue weighted by molar-refractivity contribution is 5.98. The highest BCUT2D eigenvalue weighted by Gasteiger charge is 2.08. The average Bonchev–Trinajstić information content (AvgIpc) is 3.01. The van der Waals surface area contributed by atoms with Gasteiger partial charge < -0.3 is 5.32 Å². The Kier molecular flexibility index (Phi) is 3.09. The molecule has 0 aliphatic carbocycles. The lowest BCUT2D eigenvalue weighted by Gasteiger charge is -2.04. The molecule has 3 rings (SSSR count). The molecule has 7 heteroatoms. The average molecular weight is 252 g/mol. The van der Waals surface area contributed by atoms with Crippen LogP contribution >= 0.6 is 0 Å². The molecule has 0 atom stereocenters. The SMILES string of the molecule is c1ccc(CNc2ncc(C3=N[N]N=N3)cn2)cc1. The van der Waals surface area contributed by atoms with Gasteiger partial charge in [0, 0.05) is 18.9 Å². The standard InChI is InChI=1S/C12H10N7/c1-2-4-9(5-3-1)6-13-12-14-7-10(8-15-12)11-16-18-19-17-11/h1-5,7-8H,6H2,(H,13,14,15). The van der Waals surface area contributed by atoms with E-state index < -0.39 is 0 Å². The molecule has 1 N–H and O–H groups in total. The maximum Gasteiger partial charge on any atom is 0.222 e. The van der Waals surface area contributed by atoms with Gasteiger partial charge in [-0.3, -0.25) is 0 Å². The molecule has 0 spiro atoms. The number of benzene rings is 1. The topological polar surface area (TPSA) is 89.0 Å². The van der Waals surface area contributed by atoms with Gasteiger partial charge in [0.05, 0.1) is 5.56 Å². The van der Waals surface area contributed by atoms with E-state index in [-0.39, 0.29) is 0 Å². The van der Waals surface area contributed by atoms with Gasteiger partial charge in [-0.05, 0) is 16.3 Å². The Hall–Kier alpha value is -2.83. The van der Waals surface area contributed by atoms with Gasteiger partial charge in [-0.2, -0.15) is 0 Å². The van der Waals surface area contributed by atoms with E-state index >= 15 is 0 Å². The van der Waals surface area contributed by atoms with E-state index in [2.05, 4.69) is 36.3 Å². The molecule has 1 aromatic heterocycles. The van der Waals surface area contributed by atoms with Crippen molar-refractivity contribution in [3.05, 3.63) is 53.9 Å². The van der Waals surface area contributed by atoms with Crippen LogP contribution in [0.1, 0.15) is 11.1 Å². The minimum atomic E-state index is 0.426. The molecule has 1 radical (unpaired) electrons. The normalized spacial score (nSPS) is 12.9. The van der Waals surface area contributed by atoms with Crippen molar-refractivity contribution in [1.82, 2.24) is 15.5 Å². The molecule has 0 saturated heterocycles. The van der Waals surface area contributed by atoms with E-state index in [1.54, 1.807) is 12.4 Å². The Morgan fingerprint density at radius 3 is 2.47 bits per heavy atom. The fourth-order valence-corrected chi connectivity index (χ4v) is 1.57. The number of amidine groups is 1. The van der Waals surface area contributed by atoms with Crippen LogP contribution in [0.25, 0.3) is 0 Å². The molecular weight excluding hydrogens is 242 g/mol. The van der Waals surface area contributed by atoms with E-state index in [1.165, 1.54) is 5.56 Å². The molecule has 1 aliphatic heterocycles. The molecule has 0 bridgehead atoms. The molecular formula is C12H10N7. The van der Waals surface area contributed by atoms with Crippen LogP contribution in [0, 0.1) is 0 Å². The third kappa shape index (κ3) is 2.71. The third-order valence-electron chi connectivity index (χ3n) is 2.52. The number of anilines is 1. The van der Waals surface area contributed by atoms with Crippen molar-refractivity contribution in [2.45, 2.75) is 6.54 Å². The molecule has 93 valence electrons. The van der Waals surface area contributed by atoms with Crippen LogP contribution in [0.15, 0.2) is 58.2 Å². The first-order chi connectivity index (χ1) is 9.42. The van der Waals surface area contributed by atoms with Crippen LogP contribution < -0.4 is 10.9 Å².